The maximum absolute atomic E-state index is 13.3. The minimum Gasteiger partial charge on any atom is -0.463 e. The molecule has 0 bridgehead atoms. The molecule has 0 spiro atoms. The van der Waals surface area contributed by atoms with E-state index < -0.39 is 12.0 Å². The van der Waals surface area contributed by atoms with Crippen LogP contribution < -0.4 is 16.2 Å². The fraction of sp³-hybridized carbons (Fsp3) is 0.333. The Hall–Kier alpha value is -2.63. The number of rotatable bonds is 7. The Labute approximate surface area is 196 Å². The third-order valence-electron chi connectivity index (χ3n) is 4.97. The third kappa shape index (κ3) is 4.19. The Morgan fingerprint density at radius 3 is 2.81 bits per heavy atom. The van der Waals surface area contributed by atoms with Gasteiger partial charge in [-0.15, -0.1) is 22.7 Å². The second-order valence-corrected chi connectivity index (χ2v) is 9.72. The van der Waals surface area contributed by atoms with E-state index in [1.54, 1.807) is 29.8 Å². The number of aromatic nitrogens is 2. The Bertz CT molecular complexity index is 1260. The summed E-state index contributed by atoms with van der Waals surface area (Å²) in [4.78, 5) is 44.2. The summed E-state index contributed by atoms with van der Waals surface area (Å²) in [5.74, 6) is -0.203. The molecule has 3 aromatic heterocycles. The van der Waals surface area contributed by atoms with Crippen molar-refractivity contribution in [2.75, 3.05) is 12.4 Å². The van der Waals surface area contributed by atoms with Crippen LogP contribution in [0.4, 0.5) is 4.79 Å². The molecule has 0 saturated heterocycles. The number of nitrogens with one attached hydrogen (secondary N) is 2. The third-order valence-corrected chi connectivity index (χ3v) is 7.75. The largest absolute Gasteiger partial charge is 0.463 e. The van der Waals surface area contributed by atoms with Crippen LogP contribution >= 0.6 is 34.4 Å². The minimum atomic E-state index is -0.479. The van der Waals surface area contributed by atoms with Crippen molar-refractivity contribution in [3.63, 3.8) is 0 Å². The number of carbonyl (C=O) groups is 2. The van der Waals surface area contributed by atoms with Crippen LogP contribution in [0.1, 0.15) is 20.8 Å². The average Bonchev–Trinajstić information content (AvgIpc) is 3.41. The summed E-state index contributed by atoms with van der Waals surface area (Å²) >= 11 is 4.33. The second kappa shape index (κ2) is 9.47. The summed E-state index contributed by atoms with van der Waals surface area (Å²) in [5.41, 5.74) is 1.66. The molecular formula is C21H22N4O4S3. The average molecular weight is 491 g/mol. The van der Waals surface area contributed by atoms with E-state index in [1.807, 2.05) is 29.8 Å². The zero-order valence-corrected chi connectivity index (χ0v) is 20.2. The molecule has 2 amide bonds. The van der Waals surface area contributed by atoms with E-state index in [-0.39, 0.29) is 24.0 Å². The number of hydrogen-bond donors (Lipinski definition) is 2. The number of nitrogens with zero attached hydrogens (tertiary/aromatic N) is 2. The van der Waals surface area contributed by atoms with Crippen molar-refractivity contribution in [3.8, 4) is 10.4 Å². The van der Waals surface area contributed by atoms with Gasteiger partial charge in [-0.25, -0.2) is 14.6 Å². The lowest BCUT2D eigenvalue weighted by molar-refractivity contribution is -0.138. The Morgan fingerprint density at radius 1 is 1.31 bits per heavy atom. The van der Waals surface area contributed by atoms with Gasteiger partial charge >= 0.3 is 12.0 Å². The summed E-state index contributed by atoms with van der Waals surface area (Å²) in [6, 6.07) is 3.10. The number of fused-ring (bicyclic) bond motifs is 1. The predicted octanol–water partition coefficient (Wildman–Crippen LogP) is 3.82. The summed E-state index contributed by atoms with van der Waals surface area (Å²) in [6.07, 6.45) is 0. The number of esters is 1. The van der Waals surface area contributed by atoms with Gasteiger partial charge in [0.1, 0.15) is 4.83 Å². The van der Waals surface area contributed by atoms with Crippen molar-refractivity contribution in [1.82, 2.24) is 20.2 Å². The molecule has 3 aromatic rings. The molecule has 0 aromatic carbocycles. The molecule has 8 nitrogen and oxygen atoms in total. The van der Waals surface area contributed by atoms with Crippen LogP contribution in [0.2, 0.25) is 0 Å². The molecule has 1 aliphatic heterocycles. The Morgan fingerprint density at radius 2 is 2.12 bits per heavy atom. The lowest BCUT2D eigenvalue weighted by atomic mass is 10.1. The summed E-state index contributed by atoms with van der Waals surface area (Å²) in [7, 11) is 0. The fourth-order valence-electron chi connectivity index (χ4n) is 3.54. The molecule has 32 heavy (non-hydrogen) atoms. The zero-order chi connectivity index (χ0) is 22.8. The number of carbonyl (C=O) groups excluding carboxylic acids is 2. The van der Waals surface area contributed by atoms with Gasteiger partial charge in [0.15, 0.2) is 5.16 Å². The lowest BCUT2D eigenvalue weighted by Gasteiger charge is -2.26. The molecule has 0 unspecified atom stereocenters. The first-order chi connectivity index (χ1) is 15.4. The molecule has 0 fully saturated rings. The van der Waals surface area contributed by atoms with Crippen molar-refractivity contribution in [1.29, 1.82) is 0 Å². The lowest BCUT2D eigenvalue weighted by Crippen LogP contribution is -2.49. The first-order valence-electron chi connectivity index (χ1n) is 10.1. The molecule has 11 heteroatoms. The van der Waals surface area contributed by atoms with Crippen LogP contribution in [-0.2, 0) is 16.1 Å². The predicted molar refractivity (Wildman–Crippen MR) is 128 cm³/mol. The van der Waals surface area contributed by atoms with E-state index in [4.69, 9.17) is 9.72 Å². The number of urea groups is 1. The summed E-state index contributed by atoms with van der Waals surface area (Å²) in [5, 5.41) is 10.5. The quantitative estimate of drug-likeness (QED) is 0.297. The summed E-state index contributed by atoms with van der Waals surface area (Å²) in [6.45, 7) is 6.06. The van der Waals surface area contributed by atoms with Gasteiger partial charge < -0.3 is 15.4 Å². The van der Waals surface area contributed by atoms with E-state index in [0.29, 0.717) is 33.2 Å². The van der Waals surface area contributed by atoms with Gasteiger partial charge in [0.05, 0.1) is 23.6 Å². The maximum atomic E-state index is 13.3. The highest BCUT2D eigenvalue weighted by molar-refractivity contribution is 7.99. The molecule has 168 valence electrons. The van der Waals surface area contributed by atoms with E-state index in [1.165, 1.54) is 23.1 Å². The van der Waals surface area contributed by atoms with Crippen LogP contribution in [0.25, 0.3) is 20.7 Å². The van der Waals surface area contributed by atoms with Crippen LogP contribution in [0.15, 0.2) is 44.1 Å². The molecule has 4 rings (SSSR count). The Kier molecular flexibility index (Phi) is 6.68. The number of ether oxygens (including phenoxy) is 1. The Balaban J connectivity index is 1.71. The van der Waals surface area contributed by atoms with Gasteiger partial charge in [0, 0.05) is 33.8 Å². The fourth-order valence-corrected chi connectivity index (χ4v) is 6.37. The van der Waals surface area contributed by atoms with Gasteiger partial charge in [-0.1, -0.05) is 17.8 Å². The van der Waals surface area contributed by atoms with Crippen LogP contribution in [0.3, 0.4) is 0 Å². The van der Waals surface area contributed by atoms with Gasteiger partial charge in [-0.3, -0.25) is 9.36 Å². The normalized spacial score (nSPS) is 16.2. The highest BCUT2D eigenvalue weighted by Gasteiger charge is 2.30. The summed E-state index contributed by atoms with van der Waals surface area (Å²) < 4.78 is 6.80. The molecule has 4 heterocycles. The molecule has 1 atom stereocenters. The van der Waals surface area contributed by atoms with Crippen molar-refractivity contribution in [3.05, 3.63) is 44.5 Å². The van der Waals surface area contributed by atoms with E-state index in [2.05, 4.69) is 10.6 Å². The molecule has 2 N–H and O–H groups in total. The number of amides is 2. The van der Waals surface area contributed by atoms with Gasteiger partial charge in [-0.2, -0.15) is 0 Å². The van der Waals surface area contributed by atoms with Crippen molar-refractivity contribution in [2.45, 2.75) is 38.5 Å². The molecule has 0 aliphatic carbocycles. The monoisotopic (exact) mass is 490 g/mol. The van der Waals surface area contributed by atoms with Gasteiger partial charge in [0.25, 0.3) is 5.56 Å². The highest BCUT2D eigenvalue weighted by Crippen LogP contribution is 2.35. The zero-order valence-electron chi connectivity index (χ0n) is 17.8. The highest BCUT2D eigenvalue weighted by atomic mass is 32.2. The molecular weight excluding hydrogens is 468 g/mol. The molecule has 0 saturated carbocycles. The first kappa shape index (κ1) is 22.6. The standard InChI is InChI=1S/C21H22N4O4S3/c1-4-25-18(26)16-12(14-7-6-8-30-14)9-31-17(16)24-21(25)32-10-13-15(19(27)29-5-2)11(3)22-20(28)23-13/h6-9,11H,4-5,10H2,1-3H3,(H2,22,23,28)/t11-/m1/s1. The SMILES string of the molecule is CCOC(=O)C1=C(CSc2nc3scc(-c4cccs4)c3c(=O)n2CC)NC(=O)N[C@@H]1C. The number of thiophene rings is 2. The van der Waals surface area contributed by atoms with Crippen LogP contribution in [0.5, 0.6) is 0 Å². The molecule has 1 aliphatic rings. The van der Waals surface area contributed by atoms with Gasteiger partial charge in [-0.05, 0) is 32.2 Å². The van der Waals surface area contributed by atoms with Crippen LogP contribution in [0, 0.1) is 0 Å². The van der Waals surface area contributed by atoms with Crippen LogP contribution in [-0.4, -0.2) is 40.0 Å². The smallest absolute Gasteiger partial charge is 0.337 e. The van der Waals surface area contributed by atoms with E-state index in [0.717, 1.165) is 10.4 Å². The topological polar surface area (TPSA) is 102 Å². The maximum Gasteiger partial charge on any atom is 0.337 e. The van der Waals surface area contributed by atoms with E-state index >= 15 is 0 Å². The first-order valence-corrected chi connectivity index (χ1v) is 12.8. The number of thioether (sulfide) groups is 1. The van der Waals surface area contributed by atoms with Crippen molar-refractivity contribution < 1.29 is 14.3 Å². The van der Waals surface area contributed by atoms with Crippen molar-refractivity contribution >= 4 is 56.7 Å². The van der Waals surface area contributed by atoms with E-state index in [9.17, 15) is 14.4 Å². The van der Waals surface area contributed by atoms with Gasteiger partial charge in [0.2, 0.25) is 0 Å². The number of hydrogen-bond acceptors (Lipinski definition) is 8. The van der Waals surface area contributed by atoms with Crippen molar-refractivity contribution in [2.24, 2.45) is 0 Å². The molecule has 0 radical (unpaired) electrons. The second-order valence-electron chi connectivity index (χ2n) is 6.97. The minimum absolute atomic E-state index is 0.0908.